The molecule has 4 aromatic rings. The SMILES string of the molecule is O=C(N[C@H](Cc1ccc(Cl)cc1)C(=O)N[C@H](Cc1cccnc1)C(=O)N[C@@H](CO)C(=O)O)OCC1c2ccccc2-c2ccccc21. The number of aliphatic hydroxyl groups is 1. The molecule has 0 bridgehead atoms. The van der Waals surface area contributed by atoms with Crippen molar-refractivity contribution in [3.63, 3.8) is 0 Å². The molecule has 11 nitrogen and oxygen atoms in total. The average Bonchev–Trinajstić information content (AvgIpc) is 3.40. The highest BCUT2D eigenvalue weighted by Gasteiger charge is 2.32. The second-order valence-corrected chi connectivity index (χ2v) is 11.5. The number of nitrogens with one attached hydrogen (secondary N) is 3. The highest BCUT2D eigenvalue weighted by Crippen LogP contribution is 2.44. The minimum Gasteiger partial charge on any atom is -0.480 e. The number of alkyl carbamates (subject to hydrolysis) is 1. The molecular formula is C35H33ClN4O7. The first-order chi connectivity index (χ1) is 22.7. The van der Waals surface area contributed by atoms with Gasteiger partial charge >= 0.3 is 12.1 Å². The van der Waals surface area contributed by atoms with E-state index in [1.165, 1.54) is 6.20 Å². The molecule has 1 heterocycles. The molecule has 3 amide bonds. The Morgan fingerprint density at radius 1 is 0.745 bits per heavy atom. The predicted molar refractivity (Wildman–Crippen MR) is 174 cm³/mol. The first-order valence-corrected chi connectivity index (χ1v) is 15.3. The van der Waals surface area contributed by atoms with Gasteiger partial charge in [0.25, 0.3) is 0 Å². The number of aliphatic hydroxyl groups excluding tert-OH is 1. The minimum atomic E-state index is -1.58. The quantitative estimate of drug-likeness (QED) is 0.146. The van der Waals surface area contributed by atoms with E-state index in [0.717, 1.165) is 22.3 Å². The number of carboxylic acid groups (broad SMARTS) is 1. The number of carbonyl (C=O) groups is 4. The van der Waals surface area contributed by atoms with Crippen LogP contribution in [0.4, 0.5) is 4.79 Å². The maximum Gasteiger partial charge on any atom is 0.407 e. The summed E-state index contributed by atoms with van der Waals surface area (Å²) < 4.78 is 5.69. The second-order valence-electron chi connectivity index (χ2n) is 11.1. The number of halogens is 1. The lowest BCUT2D eigenvalue weighted by molar-refractivity contribution is -0.143. The van der Waals surface area contributed by atoms with Crippen molar-refractivity contribution in [2.24, 2.45) is 0 Å². The number of aliphatic carboxylic acids is 1. The van der Waals surface area contributed by atoms with Crippen molar-refractivity contribution in [1.82, 2.24) is 20.9 Å². The van der Waals surface area contributed by atoms with Gasteiger partial charge in [-0.25, -0.2) is 9.59 Å². The lowest BCUT2D eigenvalue weighted by Gasteiger charge is -2.24. The number of aromatic nitrogens is 1. The fourth-order valence-electron chi connectivity index (χ4n) is 5.54. The zero-order valence-corrected chi connectivity index (χ0v) is 25.9. The Balaban J connectivity index is 1.33. The molecule has 1 aliphatic rings. The Kier molecular flexibility index (Phi) is 10.8. The number of carbonyl (C=O) groups excluding carboxylic acids is 3. The summed E-state index contributed by atoms with van der Waals surface area (Å²) in [4.78, 5) is 55.7. The standard InChI is InChI=1S/C35H33ClN4O7/c36-23-13-11-21(12-14-23)16-30(33(43)38-29(17-22-6-5-15-37-18-22)32(42)39-31(19-41)34(44)45)40-35(46)47-20-28-26-9-3-1-7-24(26)25-8-2-4-10-27(25)28/h1-15,18,28-31,41H,16-17,19-20H2,(H,38,43)(H,39,42)(H,40,46)(H,44,45)/t29-,30-,31+/m1/s1. The third-order valence-electron chi connectivity index (χ3n) is 7.90. The zero-order chi connectivity index (χ0) is 33.3. The summed E-state index contributed by atoms with van der Waals surface area (Å²) in [6.45, 7) is -0.823. The van der Waals surface area contributed by atoms with Crippen LogP contribution in [0.1, 0.15) is 28.2 Å². The van der Waals surface area contributed by atoms with E-state index in [-0.39, 0.29) is 25.4 Å². The molecule has 0 saturated carbocycles. The number of amides is 3. The van der Waals surface area contributed by atoms with Crippen LogP contribution < -0.4 is 16.0 Å². The summed E-state index contributed by atoms with van der Waals surface area (Å²) in [5.41, 5.74) is 5.46. The molecule has 0 spiro atoms. The molecule has 5 N–H and O–H groups in total. The van der Waals surface area contributed by atoms with Crippen LogP contribution >= 0.6 is 11.6 Å². The number of nitrogens with zero attached hydrogens (tertiary/aromatic N) is 1. The van der Waals surface area contributed by atoms with Crippen molar-refractivity contribution in [3.8, 4) is 11.1 Å². The predicted octanol–water partition coefficient (Wildman–Crippen LogP) is 3.47. The molecule has 0 unspecified atom stereocenters. The number of carboxylic acids is 1. The third kappa shape index (κ3) is 8.32. The molecule has 242 valence electrons. The summed E-state index contributed by atoms with van der Waals surface area (Å²) in [5.74, 6) is -3.19. The molecule has 0 fully saturated rings. The topological polar surface area (TPSA) is 167 Å². The normalized spacial score (nSPS) is 13.7. The van der Waals surface area contributed by atoms with Crippen molar-refractivity contribution in [2.45, 2.75) is 36.9 Å². The monoisotopic (exact) mass is 656 g/mol. The number of hydrogen-bond acceptors (Lipinski definition) is 7. The van der Waals surface area contributed by atoms with Crippen LogP contribution in [0.15, 0.2) is 97.3 Å². The van der Waals surface area contributed by atoms with Crippen molar-refractivity contribution >= 4 is 35.5 Å². The van der Waals surface area contributed by atoms with E-state index in [4.69, 9.17) is 16.3 Å². The van der Waals surface area contributed by atoms with Gasteiger partial charge in [-0.1, -0.05) is 78.3 Å². The Labute approximate surface area is 275 Å². The zero-order valence-electron chi connectivity index (χ0n) is 25.1. The molecule has 3 aromatic carbocycles. The van der Waals surface area contributed by atoms with Crippen molar-refractivity contribution < 1.29 is 34.1 Å². The number of fused-ring (bicyclic) bond motifs is 3. The van der Waals surface area contributed by atoms with Gasteiger partial charge in [0.2, 0.25) is 11.8 Å². The molecule has 3 atom stereocenters. The van der Waals surface area contributed by atoms with E-state index in [2.05, 4.69) is 20.9 Å². The van der Waals surface area contributed by atoms with Crippen molar-refractivity contribution in [3.05, 3.63) is 125 Å². The third-order valence-corrected chi connectivity index (χ3v) is 8.15. The van der Waals surface area contributed by atoms with Gasteiger partial charge in [0.1, 0.15) is 24.7 Å². The molecule has 0 saturated heterocycles. The Morgan fingerprint density at radius 3 is 1.89 bits per heavy atom. The first-order valence-electron chi connectivity index (χ1n) is 14.9. The molecule has 1 aromatic heterocycles. The summed E-state index contributed by atoms with van der Waals surface area (Å²) in [6, 6.07) is 21.9. The van der Waals surface area contributed by atoms with Crippen LogP contribution in [0.2, 0.25) is 5.02 Å². The van der Waals surface area contributed by atoms with Crippen LogP contribution in [-0.2, 0) is 32.0 Å². The van der Waals surface area contributed by atoms with E-state index in [1.807, 2.05) is 48.5 Å². The number of hydrogen-bond donors (Lipinski definition) is 5. The van der Waals surface area contributed by atoms with E-state index < -0.39 is 48.6 Å². The average molecular weight is 657 g/mol. The molecule has 12 heteroatoms. The molecule has 0 aliphatic heterocycles. The summed E-state index contributed by atoms with van der Waals surface area (Å²) in [6.07, 6.45) is 2.21. The number of ether oxygens (including phenoxy) is 1. The second kappa shape index (κ2) is 15.4. The maximum atomic E-state index is 13.8. The lowest BCUT2D eigenvalue weighted by Crippen LogP contribution is -2.57. The first kappa shape index (κ1) is 33.1. The highest BCUT2D eigenvalue weighted by molar-refractivity contribution is 6.30. The maximum absolute atomic E-state index is 13.8. The summed E-state index contributed by atoms with van der Waals surface area (Å²) >= 11 is 6.05. The fraction of sp³-hybridized carbons (Fsp3) is 0.229. The van der Waals surface area contributed by atoms with Crippen LogP contribution in [-0.4, -0.2) is 70.4 Å². The van der Waals surface area contributed by atoms with E-state index >= 15 is 0 Å². The van der Waals surface area contributed by atoms with Gasteiger partial charge in [-0.2, -0.15) is 0 Å². The van der Waals surface area contributed by atoms with Gasteiger partial charge in [-0.3, -0.25) is 14.6 Å². The van der Waals surface area contributed by atoms with Crippen molar-refractivity contribution in [1.29, 1.82) is 0 Å². The van der Waals surface area contributed by atoms with E-state index in [1.54, 1.807) is 42.6 Å². The molecule has 0 radical (unpaired) electrons. The van der Waals surface area contributed by atoms with Gasteiger partial charge in [0.15, 0.2) is 0 Å². The lowest BCUT2D eigenvalue weighted by atomic mass is 9.98. The van der Waals surface area contributed by atoms with Gasteiger partial charge in [-0.15, -0.1) is 0 Å². The van der Waals surface area contributed by atoms with Crippen molar-refractivity contribution in [2.75, 3.05) is 13.2 Å². The number of rotatable bonds is 13. The summed E-state index contributed by atoms with van der Waals surface area (Å²) in [7, 11) is 0. The Bertz CT molecular complexity index is 1690. The van der Waals surface area contributed by atoms with Crippen LogP contribution in [0.5, 0.6) is 0 Å². The minimum absolute atomic E-state index is 0.0267. The molecular weight excluding hydrogens is 624 g/mol. The van der Waals surface area contributed by atoms with E-state index in [0.29, 0.717) is 16.1 Å². The van der Waals surface area contributed by atoms with E-state index in [9.17, 15) is 29.4 Å². The largest absolute Gasteiger partial charge is 0.480 e. The Morgan fingerprint density at radius 2 is 1.32 bits per heavy atom. The number of pyridine rings is 1. The van der Waals surface area contributed by atoms with Crippen LogP contribution in [0.3, 0.4) is 0 Å². The highest BCUT2D eigenvalue weighted by atomic mass is 35.5. The van der Waals surface area contributed by atoms with Crippen LogP contribution in [0, 0.1) is 0 Å². The van der Waals surface area contributed by atoms with Gasteiger partial charge in [0, 0.05) is 36.2 Å². The number of benzene rings is 3. The van der Waals surface area contributed by atoms with Crippen LogP contribution in [0.25, 0.3) is 11.1 Å². The Hall–Kier alpha value is -5.26. The summed E-state index contributed by atoms with van der Waals surface area (Å²) in [5, 5.41) is 26.8. The molecule has 5 rings (SSSR count). The van der Waals surface area contributed by atoms with Gasteiger partial charge < -0.3 is 30.9 Å². The fourth-order valence-corrected chi connectivity index (χ4v) is 5.67. The van der Waals surface area contributed by atoms with Gasteiger partial charge in [0.05, 0.1) is 6.61 Å². The molecule has 47 heavy (non-hydrogen) atoms. The molecule has 1 aliphatic carbocycles. The van der Waals surface area contributed by atoms with Gasteiger partial charge in [-0.05, 0) is 51.6 Å². The smallest absolute Gasteiger partial charge is 0.407 e.